The monoisotopic (exact) mass is 224 g/mol. The Labute approximate surface area is 100 Å². The van der Waals surface area contributed by atoms with Crippen molar-refractivity contribution in [1.82, 2.24) is 5.32 Å². The Hall–Kier alpha value is -0.0800. The second-order valence-corrected chi connectivity index (χ2v) is 6.63. The SMILES string of the molecule is CC1(NCC2(C)CCCC2N)CCCCC1. The maximum absolute atomic E-state index is 6.23. The van der Waals surface area contributed by atoms with Gasteiger partial charge in [0.15, 0.2) is 0 Å². The second kappa shape index (κ2) is 4.66. The van der Waals surface area contributed by atoms with Crippen LogP contribution in [0.5, 0.6) is 0 Å². The van der Waals surface area contributed by atoms with Crippen LogP contribution in [-0.2, 0) is 0 Å². The molecule has 2 rings (SSSR count). The minimum atomic E-state index is 0.348. The van der Waals surface area contributed by atoms with Crippen molar-refractivity contribution in [3.63, 3.8) is 0 Å². The van der Waals surface area contributed by atoms with E-state index in [1.54, 1.807) is 0 Å². The fraction of sp³-hybridized carbons (Fsp3) is 1.00. The van der Waals surface area contributed by atoms with E-state index in [9.17, 15) is 0 Å². The van der Waals surface area contributed by atoms with Crippen LogP contribution in [0.2, 0.25) is 0 Å². The van der Waals surface area contributed by atoms with E-state index in [1.807, 2.05) is 0 Å². The van der Waals surface area contributed by atoms with Crippen molar-refractivity contribution < 1.29 is 0 Å². The molecule has 2 nitrogen and oxygen atoms in total. The molecule has 2 aliphatic carbocycles. The van der Waals surface area contributed by atoms with Crippen LogP contribution in [0.25, 0.3) is 0 Å². The normalized spacial score (nSPS) is 38.8. The predicted molar refractivity (Wildman–Crippen MR) is 69.4 cm³/mol. The third kappa shape index (κ3) is 2.60. The van der Waals surface area contributed by atoms with Crippen molar-refractivity contribution in [2.45, 2.75) is 76.8 Å². The van der Waals surface area contributed by atoms with E-state index in [-0.39, 0.29) is 0 Å². The van der Waals surface area contributed by atoms with Crippen molar-refractivity contribution in [2.24, 2.45) is 11.1 Å². The molecule has 0 aromatic rings. The second-order valence-electron chi connectivity index (χ2n) is 6.63. The lowest BCUT2D eigenvalue weighted by Gasteiger charge is -2.39. The molecule has 16 heavy (non-hydrogen) atoms. The Bertz CT molecular complexity index is 233. The highest BCUT2D eigenvalue weighted by atomic mass is 15.0. The van der Waals surface area contributed by atoms with Crippen LogP contribution in [0.3, 0.4) is 0 Å². The van der Waals surface area contributed by atoms with Crippen LogP contribution in [0.1, 0.15) is 65.2 Å². The lowest BCUT2D eigenvalue weighted by molar-refractivity contribution is 0.194. The molecule has 2 aliphatic rings. The predicted octanol–water partition coefficient (Wildman–Crippen LogP) is 2.82. The fourth-order valence-corrected chi connectivity index (χ4v) is 3.40. The van der Waals surface area contributed by atoms with Crippen LogP contribution >= 0.6 is 0 Å². The first-order chi connectivity index (χ1) is 7.54. The van der Waals surface area contributed by atoms with Gasteiger partial charge in [0, 0.05) is 18.1 Å². The number of hydrogen-bond donors (Lipinski definition) is 2. The van der Waals surface area contributed by atoms with Crippen LogP contribution in [0.4, 0.5) is 0 Å². The number of hydrogen-bond acceptors (Lipinski definition) is 2. The zero-order valence-corrected chi connectivity index (χ0v) is 11.0. The summed E-state index contributed by atoms with van der Waals surface area (Å²) in [6.07, 6.45) is 10.7. The topological polar surface area (TPSA) is 38.0 Å². The third-order valence-corrected chi connectivity index (χ3v) is 5.03. The van der Waals surface area contributed by atoms with E-state index in [4.69, 9.17) is 5.73 Å². The third-order valence-electron chi connectivity index (χ3n) is 5.03. The van der Waals surface area contributed by atoms with E-state index in [0.717, 1.165) is 6.54 Å². The zero-order valence-electron chi connectivity index (χ0n) is 11.0. The molecule has 0 radical (unpaired) electrons. The molecule has 2 unspecified atom stereocenters. The Morgan fingerprint density at radius 2 is 1.75 bits per heavy atom. The van der Waals surface area contributed by atoms with Crippen LogP contribution in [0.15, 0.2) is 0 Å². The average molecular weight is 224 g/mol. The van der Waals surface area contributed by atoms with Gasteiger partial charge in [-0.3, -0.25) is 0 Å². The molecule has 94 valence electrons. The summed E-state index contributed by atoms with van der Waals surface area (Å²) in [5, 5.41) is 3.83. The smallest absolute Gasteiger partial charge is 0.0153 e. The van der Waals surface area contributed by atoms with Gasteiger partial charge in [-0.05, 0) is 38.0 Å². The van der Waals surface area contributed by atoms with Gasteiger partial charge >= 0.3 is 0 Å². The maximum Gasteiger partial charge on any atom is 0.0153 e. The van der Waals surface area contributed by atoms with E-state index in [0.29, 0.717) is 17.0 Å². The van der Waals surface area contributed by atoms with Gasteiger partial charge in [0.2, 0.25) is 0 Å². The van der Waals surface area contributed by atoms with Crippen molar-refractivity contribution in [2.75, 3.05) is 6.54 Å². The first kappa shape index (κ1) is 12.4. The molecule has 0 bridgehead atoms. The molecule has 0 heterocycles. The highest BCUT2D eigenvalue weighted by Gasteiger charge is 2.38. The Morgan fingerprint density at radius 3 is 2.31 bits per heavy atom. The molecule has 0 amide bonds. The summed E-state index contributed by atoms with van der Waals surface area (Å²) in [4.78, 5) is 0. The Morgan fingerprint density at radius 1 is 1.06 bits per heavy atom. The highest BCUT2D eigenvalue weighted by molar-refractivity contribution is 4.96. The Balaban J connectivity index is 1.86. The number of nitrogens with two attached hydrogens (primary N) is 1. The quantitative estimate of drug-likeness (QED) is 0.773. The first-order valence-electron chi connectivity index (χ1n) is 7.05. The largest absolute Gasteiger partial charge is 0.327 e. The molecule has 2 atom stereocenters. The minimum Gasteiger partial charge on any atom is -0.327 e. The van der Waals surface area contributed by atoms with Gasteiger partial charge in [0.1, 0.15) is 0 Å². The summed E-state index contributed by atoms with van der Waals surface area (Å²) in [6.45, 7) is 5.88. The van der Waals surface area contributed by atoms with Crippen molar-refractivity contribution in [3.8, 4) is 0 Å². The van der Waals surface area contributed by atoms with Gasteiger partial charge < -0.3 is 11.1 Å². The molecule has 0 aromatic carbocycles. The molecule has 2 saturated carbocycles. The van der Waals surface area contributed by atoms with Gasteiger partial charge in [-0.15, -0.1) is 0 Å². The molecular weight excluding hydrogens is 196 g/mol. The van der Waals surface area contributed by atoms with Crippen LogP contribution in [0, 0.1) is 5.41 Å². The van der Waals surface area contributed by atoms with Crippen LogP contribution < -0.4 is 11.1 Å². The van der Waals surface area contributed by atoms with E-state index in [1.165, 1.54) is 51.4 Å². The summed E-state index contributed by atoms with van der Waals surface area (Å²) in [5.74, 6) is 0. The highest BCUT2D eigenvalue weighted by Crippen LogP contribution is 2.37. The summed E-state index contributed by atoms with van der Waals surface area (Å²) in [5.41, 5.74) is 6.97. The molecule has 3 N–H and O–H groups in total. The average Bonchev–Trinajstić information content (AvgIpc) is 2.59. The Kier molecular flexibility index (Phi) is 3.60. The number of nitrogens with one attached hydrogen (secondary N) is 1. The van der Waals surface area contributed by atoms with Crippen molar-refractivity contribution >= 4 is 0 Å². The van der Waals surface area contributed by atoms with Gasteiger partial charge in [-0.25, -0.2) is 0 Å². The number of rotatable bonds is 3. The molecule has 0 aromatic heterocycles. The zero-order chi connectivity index (χ0) is 11.6. The molecular formula is C14H28N2. The van der Waals surface area contributed by atoms with Gasteiger partial charge in [0.05, 0.1) is 0 Å². The standard InChI is InChI=1S/C14H28N2/c1-13(8-6-7-12(13)15)11-16-14(2)9-4-3-5-10-14/h12,16H,3-11,15H2,1-2H3. The fourth-order valence-electron chi connectivity index (χ4n) is 3.40. The maximum atomic E-state index is 6.23. The summed E-state index contributed by atoms with van der Waals surface area (Å²) in [6, 6.07) is 0.409. The molecule has 0 spiro atoms. The molecule has 0 saturated heterocycles. The first-order valence-corrected chi connectivity index (χ1v) is 7.05. The van der Waals surface area contributed by atoms with E-state index < -0.39 is 0 Å². The molecule has 2 fully saturated rings. The van der Waals surface area contributed by atoms with Crippen LogP contribution in [-0.4, -0.2) is 18.1 Å². The summed E-state index contributed by atoms with van der Waals surface area (Å²) >= 11 is 0. The van der Waals surface area contributed by atoms with Crippen molar-refractivity contribution in [3.05, 3.63) is 0 Å². The van der Waals surface area contributed by atoms with E-state index >= 15 is 0 Å². The van der Waals surface area contributed by atoms with E-state index in [2.05, 4.69) is 19.2 Å². The summed E-state index contributed by atoms with van der Waals surface area (Å²) in [7, 11) is 0. The lowest BCUT2D eigenvalue weighted by Crippen LogP contribution is -2.51. The van der Waals surface area contributed by atoms with Gasteiger partial charge in [0.25, 0.3) is 0 Å². The lowest BCUT2D eigenvalue weighted by atomic mass is 9.80. The summed E-state index contributed by atoms with van der Waals surface area (Å²) < 4.78 is 0. The van der Waals surface area contributed by atoms with Crippen molar-refractivity contribution in [1.29, 1.82) is 0 Å². The van der Waals surface area contributed by atoms with Gasteiger partial charge in [-0.1, -0.05) is 32.6 Å². The molecule has 0 aliphatic heterocycles. The molecule has 2 heteroatoms. The van der Waals surface area contributed by atoms with Gasteiger partial charge in [-0.2, -0.15) is 0 Å². The minimum absolute atomic E-state index is 0.348.